The number of allylic oxidation sites excluding steroid dienone is 4. The molecule has 1 aliphatic carbocycles. The summed E-state index contributed by atoms with van der Waals surface area (Å²) in [7, 11) is 0. The number of imidazole rings is 1. The van der Waals surface area contributed by atoms with E-state index in [-0.39, 0.29) is 0 Å². The van der Waals surface area contributed by atoms with Gasteiger partial charge in [0.05, 0.1) is 23.6 Å². The van der Waals surface area contributed by atoms with Crippen LogP contribution in [-0.4, -0.2) is 21.1 Å². The Morgan fingerprint density at radius 1 is 1.23 bits per heavy atom. The van der Waals surface area contributed by atoms with E-state index in [1.165, 1.54) is 36.4 Å². The highest BCUT2D eigenvalue weighted by Crippen LogP contribution is 2.34. The first-order valence-corrected chi connectivity index (χ1v) is 13.2. The molecular weight excluding hydrogens is 432 g/mol. The lowest BCUT2D eigenvalue weighted by Gasteiger charge is -2.19. The van der Waals surface area contributed by atoms with E-state index < -0.39 is 0 Å². The summed E-state index contributed by atoms with van der Waals surface area (Å²) in [5.41, 5.74) is 14.9. The van der Waals surface area contributed by atoms with Crippen LogP contribution in [0.1, 0.15) is 70.3 Å². The van der Waals surface area contributed by atoms with Crippen molar-refractivity contribution in [2.24, 2.45) is 5.73 Å². The minimum Gasteiger partial charge on any atom is -0.402 e. The molecule has 35 heavy (non-hydrogen) atoms. The summed E-state index contributed by atoms with van der Waals surface area (Å²) in [4.78, 5) is 9.74. The number of hydrogen-bond acceptors (Lipinski definition) is 5. The van der Waals surface area contributed by atoms with Crippen molar-refractivity contribution in [3.05, 3.63) is 77.2 Å². The van der Waals surface area contributed by atoms with E-state index in [0.29, 0.717) is 0 Å². The quantitative estimate of drug-likeness (QED) is 0.330. The molecular formula is C29H40N6. The van der Waals surface area contributed by atoms with Crippen LogP contribution in [0.3, 0.4) is 0 Å². The number of aryl methyl sites for hydroxylation is 1. The molecule has 3 heterocycles. The average molecular weight is 473 g/mol. The molecule has 0 saturated heterocycles. The van der Waals surface area contributed by atoms with Crippen molar-refractivity contribution in [2.75, 3.05) is 11.9 Å². The maximum Gasteiger partial charge on any atom is 0.112 e. The minimum absolute atomic E-state index is 0.768. The van der Waals surface area contributed by atoms with Crippen LogP contribution in [0.2, 0.25) is 0 Å². The second kappa shape index (κ2) is 11.9. The number of unbranched alkanes of at least 4 members (excludes halogenated alkanes) is 3. The van der Waals surface area contributed by atoms with Crippen molar-refractivity contribution in [1.29, 1.82) is 0 Å². The van der Waals surface area contributed by atoms with Gasteiger partial charge in [0.15, 0.2) is 0 Å². The first-order valence-electron chi connectivity index (χ1n) is 13.2. The van der Waals surface area contributed by atoms with E-state index in [1.807, 2.05) is 12.3 Å². The van der Waals surface area contributed by atoms with E-state index in [2.05, 4.69) is 59.9 Å². The van der Waals surface area contributed by atoms with Crippen molar-refractivity contribution in [2.45, 2.75) is 78.3 Å². The molecule has 4 rings (SSSR count). The van der Waals surface area contributed by atoms with Crippen LogP contribution in [0.15, 0.2) is 65.7 Å². The SMILES string of the molecule is C=C(NCCCCn1c(CCCCC)nc2c1-c1ncccc1NC2)C1=CC(CC)=C(N)CC=C1. The predicted molar refractivity (Wildman–Crippen MR) is 146 cm³/mol. The summed E-state index contributed by atoms with van der Waals surface area (Å²) in [6, 6.07) is 4.10. The monoisotopic (exact) mass is 472 g/mol. The number of fused-ring (bicyclic) bond motifs is 3. The summed E-state index contributed by atoms with van der Waals surface area (Å²) >= 11 is 0. The Hall–Kier alpha value is -3.28. The normalized spacial score (nSPS) is 14.6. The van der Waals surface area contributed by atoms with Gasteiger partial charge in [-0.2, -0.15) is 0 Å². The highest BCUT2D eigenvalue weighted by Gasteiger charge is 2.24. The van der Waals surface area contributed by atoms with E-state index in [1.54, 1.807) is 0 Å². The molecule has 2 aliphatic rings. The van der Waals surface area contributed by atoms with Gasteiger partial charge in [-0.1, -0.05) is 45.4 Å². The Kier molecular flexibility index (Phi) is 8.45. The van der Waals surface area contributed by atoms with Crippen molar-refractivity contribution in [1.82, 2.24) is 19.9 Å². The Morgan fingerprint density at radius 3 is 2.94 bits per heavy atom. The van der Waals surface area contributed by atoms with Crippen molar-refractivity contribution >= 4 is 5.69 Å². The van der Waals surface area contributed by atoms with Crippen LogP contribution in [-0.2, 0) is 19.5 Å². The van der Waals surface area contributed by atoms with Crippen molar-refractivity contribution < 1.29 is 0 Å². The van der Waals surface area contributed by atoms with Gasteiger partial charge < -0.3 is 20.9 Å². The molecule has 0 saturated carbocycles. The smallest absolute Gasteiger partial charge is 0.112 e. The fourth-order valence-corrected chi connectivity index (χ4v) is 4.85. The zero-order valence-electron chi connectivity index (χ0n) is 21.4. The number of nitrogens with two attached hydrogens (primary N) is 1. The van der Waals surface area contributed by atoms with Gasteiger partial charge in [0, 0.05) is 43.5 Å². The molecule has 0 spiro atoms. The Labute approximate surface area is 210 Å². The molecule has 1 aliphatic heterocycles. The van der Waals surface area contributed by atoms with E-state index >= 15 is 0 Å². The van der Waals surface area contributed by atoms with Crippen molar-refractivity contribution in [3.8, 4) is 11.4 Å². The number of anilines is 1. The van der Waals surface area contributed by atoms with Gasteiger partial charge in [0.2, 0.25) is 0 Å². The molecule has 0 bridgehead atoms. The highest BCUT2D eigenvalue weighted by atomic mass is 15.1. The second-order valence-electron chi connectivity index (χ2n) is 9.41. The molecule has 0 unspecified atom stereocenters. The van der Waals surface area contributed by atoms with Gasteiger partial charge in [-0.25, -0.2) is 4.98 Å². The summed E-state index contributed by atoms with van der Waals surface area (Å²) in [5, 5.41) is 7.01. The molecule has 0 radical (unpaired) electrons. The lowest BCUT2D eigenvalue weighted by molar-refractivity contribution is 0.566. The summed E-state index contributed by atoms with van der Waals surface area (Å²) in [6.07, 6.45) is 16.8. The Bertz CT molecular complexity index is 1130. The van der Waals surface area contributed by atoms with E-state index in [4.69, 9.17) is 15.7 Å². The molecule has 6 heteroatoms. The molecule has 0 fully saturated rings. The van der Waals surface area contributed by atoms with Gasteiger partial charge >= 0.3 is 0 Å². The summed E-state index contributed by atoms with van der Waals surface area (Å²) in [5.74, 6) is 1.20. The average Bonchev–Trinajstić information content (AvgIpc) is 3.11. The molecule has 186 valence electrons. The number of hydrogen-bond donors (Lipinski definition) is 3. The van der Waals surface area contributed by atoms with Crippen LogP contribution < -0.4 is 16.4 Å². The zero-order valence-corrected chi connectivity index (χ0v) is 21.4. The topological polar surface area (TPSA) is 80.8 Å². The zero-order chi connectivity index (χ0) is 24.6. The van der Waals surface area contributed by atoms with Crippen LogP contribution in [0.4, 0.5) is 5.69 Å². The molecule has 2 aromatic rings. The second-order valence-corrected chi connectivity index (χ2v) is 9.41. The molecule has 0 amide bonds. The predicted octanol–water partition coefficient (Wildman–Crippen LogP) is 6.00. The lowest BCUT2D eigenvalue weighted by Crippen LogP contribution is -2.16. The molecule has 6 nitrogen and oxygen atoms in total. The fourth-order valence-electron chi connectivity index (χ4n) is 4.85. The van der Waals surface area contributed by atoms with Crippen LogP contribution in [0.25, 0.3) is 11.4 Å². The molecule has 2 aromatic heterocycles. The first-order chi connectivity index (χ1) is 17.1. The van der Waals surface area contributed by atoms with Crippen LogP contribution in [0, 0.1) is 0 Å². The number of pyridine rings is 1. The maximum absolute atomic E-state index is 6.18. The third-order valence-electron chi connectivity index (χ3n) is 6.85. The molecule has 4 N–H and O–H groups in total. The first kappa shape index (κ1) is 24.8. The number of rotatable bonds is 12. The van der Waals surface area contributed by atoms with E-state index in [9.17, 15) is 0 Å². The van der Waals surface area contributed by atoms with Crippen LogP contribution >= 0.6 is 0 Å². The minimum atomic E-state index is 0.768. The Balaban J connectivity index is 1.39. The van der Waals surface area contributed by atoms with Gasteiger partial charge in [0.25, 0.3) is 0 Å². The Morgan fingerprint density at radius 2 is 2.11 bits per heavy atom. The highest BCUT2D eigenvalue weighted by molar-refractivity contribution is 5.76. The third kappa shape index (κ3) is 5.87. The fraction of sp³-hybridized carbons (Fsp3) is 0.448. The van der Waals surface area contributed by atoms with E-state index in [0.717, 1.165) is 85.8 Å². The number of nitrogens with one attached hydrogen (secondary N) is 2. The largest absolute Gasteiger partial charge is 0.402 e. The van der Waals surface area contributed by atoms with Crippen LogP contribution in [0.5, 0.6) is 0 Å². The standard InChI is InChI=1S/C29H40N6/c1-4-6-7-15-27-34-26-20-33-25-14-11-17-32-28(25)29(26)35(27)18-9-8-16-31-21(3)23-12-10-13-24(30)22(5-2)19-23/h10-12,14,17,19,31,33H,3-9,13,15-16,18,20,30H2,1-2H3. The van der Waals surface area contributed by atoms with Gasteiger partial charge in [-0.15, -0.1) is 0 Å². The van der Waals surface area contributed by atoms with Crippen molar-refractivity contribution in [3.63, 3.8) is 0 Å². The number of nitrogens with zero attached hydrogens (tertiary/aromatic N) is 3. The summed E-state index contributed by atoms with van der Waals surface area (Å²) < 4.78 is 2.43. The molecule has 0 atom stereocenters. The lowest BCUT2D eigenvalue weighted by atomic mass is 10.1. The third-order valence-corrected chi connectivity index (χ3v) is 6.85. The molecule has 0 aromatic carbocycles. The maximum atomic E-state index is 6.18. The van der Waals surface area contributed by atoms with Gasteiger partial charge in [0.1, 0.15) is 11.5 Å². The summed E-state index contributed by atoms with van der Waals surface area (Å²) in [6.45, 7) is 11.3. The van der Waals surface area contributed by atoms with Gasteiger partial charge in [-0.3, -0.25) is 4.98 Å². The van der Waals surface area contributed by atoms with Gasteiger partial charge in [-0.05, 0) is 55.0 Å². The number of aromatic nitrogens is 3.